The Kier molecular flexibility index (Phi) is 6.06. The van der Waals surface area contributed by atoms with Gasteiger partial charge in [-0.1, -0.05) is 13.8 Å². The van der Waals surface area contributed by atoms with Gasteiger partial charge in [0.15, 0.2) is 0 Å². The maximum absolute atomic E-state index is 12.2. The molecule has 0 heterocycles. The topological polar surface area (TPSA) is 119 Å². The quantitative estimate of drug-likeness (QED) is 0.416. The second kappa shape index (κ2) is 7.34. The van der Waals surface area contributed by atoms with E-state index in [-0.39, 0.29) is 22.8 Å². The first-order valence-electron chi connectivity index (χ1n) is 6.57. The first-order valence-corrected chi connectivity index (χ1v) is 8.06. The molecule has 0 bridgehead atoms. The number of rotatable bonds is 8. The lowest BCUT2D eigenvalue weighted by Gasteiger charge is -2.18. The molecule has 21 heavy (non-hydrogen) atoms. The van der Waals surface area contributed by atoms with Crippen LogP contribution in [0.2, 0.25) is 0 Å². The average Bonchev–Trinajstić information content (AvgIpc) is 2.43. The summed E-state index contributed by atoms with van der Waals surface area (Å²) in [6.07, 6.45) is 0. The molecule has 118 valence electrons. The van der Waals surface area contributed by atoms with Crippen molar-refractivity contribution < 1.29 is 13.3 Å². The molecule has 9 heteroatoms. The van der Waals surface area contributed by atoms with Crippen molar-refractivity contribution in [3.05, 3.63) is 28.3 Å². The monoisotopic (exact) mass is 316 g/mol. The second-order valence-corrected chi connectivity index (χ2v) is 6.14. The number of nitro groups is 1. The Balaban J connectivity index is 2.87. The summed E-state index contributed by atoms with van der Waals surface area (Å²) in [5.41, 5.74) is 5.28. The van der Waals surface area contributed by atoms with Crippen LogP contribution >= 0.6 is 0 Å². The highest BCUT2D eigenvalue weighted by atomic mass is 32.2. The molecule has 0 unspecified atom stereocenters. The lowest BCUT2D eigenvalue weighted by molar-refractivity contribution is -0.385. The summed E-state index contributed by atoms with van der Waals surface area (Å²) in [4.78, 5) is 11.8. The Morgan fingerprint density at radius 1 is 1.33 bits per heavy atom. The fraction of sp³-hybridized carbons (Fsp3) is 0.500. The molecular weight excluding hydrogens is 296 g/mol. The highest BCUT2D eigenvalue weighted by Gasteiger charge is 2.20. The molecule has 3 N–H and O–H groups in total. The number of nitro benzene ring substituents is 1. The lowest BCUT2D eigenvalue weighted by atomic mass is 10.3. The third-order valence-corrected chi connectivity index (χ3v) is 4.63. The van der Waals surface area contributed by atoms with Crippen LogP contribution in [0, 0.1) is 10.1 Å². The SMILES string of the molecule is CCN(CC)CCNS(=O)(=O)c1cc([N+](=O)[O-])ccc1N. The Labute approximate surface area is 124 Å². The first kappa shape index (κ1) is 17.3. The van der Waals surface area contributed by atoms with E-state index in [1.807, 2.05) is 13.8 Å². The van der Waals surface area contributed by atoms with Crippen LogP contribution in [0.1, 0.15) is 13.8 Å². The summed E-state index contributed by atoms with van der Waals surface area (Å²) in [6, 6.07) is 3.36. The van der Waals surface area contributed by atoms with E-state index < -0.39 is 14.9 Å². The summed E-state index contributed by atoms with van der Waals surface area (Å²) in [7, 11) is -3.87. The van der Waals surface area contributed by atoms with Crippen molar-refractivity contribution in [2.75, 3.05) is 31.9 Å². The van der Waals surface area contributed by atoms with Crippen molar-refractivity contribution in [2.45, 2.75) is 18.7 Å². The molecule has 1 aromatic carbocycles. The largest absolute Gasteiger partial charge is 0.398 e. The minimum Gasteiger partial charge on any atom is -0.398 e. The van der Waals surface area contributed by atoms with Crippen LogP contribution in [0.15, 0.2) is 23.1 Å². The number of hydrogen-bond acceptors (Lipinski definition) is 6. The van der Waals surface area contributed by atoms with E-state index in [0.29, 0.717) is 6.54 Å². The van der Waals surface area contributed by atoms with E-state index in [9.17, 15) is 18.5 Å². The van der Waals surface area contributed by atoms with Gasteiger partial charge in [-0.2, -0.15) is 0 Å². The number of nitrogens with zero attached hydrogens (tertiary/aromatic N) is 2. The minimum atomic E-state index is -3.87. The highest BCUT2D eigenvalue weighted by molar-refractivity contribution is 7.89. The van der Waals surface area contributed by atoms with Crippen LogP contribution in [0.3, 0.4) is 0 Å². The van der Waals surface area contributed by atoms with Gasteiger partial charge in [-0.3, -0.25) is 10.1 Å². The molecule has 0 saturated heterocycles. The fourth-order valence-electron chi connectivity index (χ4n) is 1.83. The van der Waals surface area contributed by atoms with Crippen LogP contribution in [0.5, 0.6) is 0 Å². The van der Waals surface area contributed by atoms with Gasteiger partial charge in [0.1, 0.15) is 4.90 Å². The molecule has 1 aromatic rings. The van der Waals surface area contributed by atoms with Crippen molar-refractivity contribution in [3.63, 3.8) is 0 Å². The predicted molar refractivity (Wildman–Crippen MR) is 80.5 cm³/mol. The van der Waals surface area contributed by atoms with Gasteiger partial charge in [-0.05, 0) is 19.2 Å². The zero-order valence-electron chi connectivity index (χ0n) is 12.1. The van der Waals surface area contributed by atoms with E-state index in [2.05, 4.69) is 9.62 Å². The van der Waals surface area contributed by atoms with Crippen molar-refractivity contribution in [3.8, 4) is 0 Å². The normalized spacial score (nSPS) is 11.8. The molecule has 0 aliphatic rings. The van der Waals surface area contributed by atoms with Gasteiger partial charge < -0.3 is 10.6 Å². The van der Waals surface area contributed by atoms with E-state index >= 15 is 0 Å². The molecule has 0 saturated carbocycles. The average molecular weight is 316 g/mol. The third-order valence-electron chi connectivity index (χ3n) is 3.11. The maximum atomic E-state index is 12.2. The number of nitrogens with two attached hydrogens (primary N) is 1. The first-order chi connectivity index (χ1) is 9.81. The lowest BCUT2D eigenvalue weighted by Crippen LogP contribution is -2.35. The van der Waals surface area contributed by atoms with Crippen LogP contribution in [0.25, 0.3) is 0 Å². The van der Waals surface area contributed by atoms with Gasteiger partial charge in [0.25, 0.3) is 5.69 Å². The summed E-state index contributed by atoms with van der Waals surface area (Å²) in [6.45, 7) is 6.37. The maximum Gasteiger partial charge on any atom is 0.270 e. The van der Waals surface area contributed by atoms with Gasteiger partial charge >= 0.3 is 0 Å². The number of nitrogen functional groups attached to an aromatic ring is 1. The van der Waals surface area contributed by atoms with E-state index in [0.717, 1.165) is 19.2 Å². The summed E-state index contributed by atoms with van der Waals surface area (Å²) in [5.74, 6) is 0. The Morgan fingerprint density at radius 3 is 2.48 bits per heavy atom. The molecule has 1 rings (SSSR count). The standard InChI is InChI=1S/C12H20N4O4S/c1-3-15(4-2)8-7-14-21(19,20)12-9-10(16(17)18)5-6-11(12)13/h5-6,9,14H,3-4,7-8,13H2,1-2H3. The number of nitrogens with one attached hydrogen (secondary N) is 1. The van der Waals surface area contributed by atoms with Gasteiger partial charge in [-0.25, -0.2) is 13.1 Å². The molecular formula is C12H20N4O4S. The van der Waals surface area contributed by atoms with E-state index in [1.165, 1.54) is 12.1 Å². The molecule has 0 aliphatic carbocycles. The van der Waals surface area contributed by atoms with Crippen molar-refractivity contribution >= 4 is 21.4 Å². The number of benzene rings is 1. The van der Waals surface area contributed by atoms with Crippen molar-refractivity contribution in [1.82, 2.24) is 9.62 Å². The molecule has 0 amide bonds. The molecule has 0 spiro atoms. The summed E-state index contributed by atoms with van der Waals surface area (Å²) in [5, 5.41) is 10.7. The molecule has 0 radical (unpaired) electrons. The van der Waals surface area contributed by atoms with Crippen LogP contribution < -0.4 is 10.5 Å². The number of anilines is 1. The molecule has 0 aromatic heterocycles. The van der Waals surface area contributed by atoms with E-state index in [1.54, 1.807) is 0 Å². The van der Waals surface area contributed by atoms with Crippen LogP contribution in [-0.2, 0) is 10.0 Å². The van der Waals surface area contributed by atoms with Gasteiger partial charge in [0.05, 0.1) is 10.6 Å². The summed E-state index contributed by atoms with van der Waals surface area (Å²) >= 11 is 0. The zero-order chi connectivity index (χ0) is 16.0. The third kappa shape index (κ3) is 4.66. The second-order valence-electron chi connectivity index (χ2n) is 4.40. The Hall–Kier alpha value is -1.71. The zero-order valence-corrected chi connectivity index (χ0v) is 12.9. The minimum absolute atomic E-state index is 0.0176. The highest BCUT2D eigenvalue weighted by Crippen LogP contribution is 2.23. The molecule has 8 nitrogen and oxygen atoms in total. The number of non-ortho nitro benzene ring substituents is 1. The number of sulfonamides is 1. The van der Waals surface area contributed by atoms with Gasteiger partial charge in [0.2, 0.25) is 10.0 Å². The predicted octanol–water partition coefficient (Wildman–Crippen LogP) is 0.797. The smallest absolute Gasteiger partial charge is 0.270 e. The van der Waals surface area contributed by atoms with Crippen molar-refractivity contribution in [2.24, 2.45) is 0 Å². The Bertz CT molecular complexity index is 599. The van der Waals surface area contributed by atoms with Crippen LogP contribution in [-0.4, -0.2) is 44.4 Å². The molecule has 0 atom stereocenters. The van der Waals surface area contributed by atoms with Crippen molar-refractivity contribution in [1.29, 1.82) is 0 Å². The number of likely N-dealkylation sites (N-methyl/N-ethyl adjacent to an activating group) is 1. The molecule has 0 aliphatic heterocycles. The number of hydrogen-bond donors (Lipinski definition) is 2. The van der Waals surface area contributed by atoms with E-state index in [4.69, 9.17) is 5.73 Å². The van der Waals surface area contributed by atoms with Crippen LogP contribution in [0.4, 0.5) is 11.4 Å². The molecule has 0 fully saturated rings. The Morgan fingerprint density at radius 2 is 1.95 bits per heavy atom. The van der Waals surface area contributed by atoms with Gasteiger partial charge in [0, 0.05) is 25.2 Å². The summed E-state index contributed by atoms with van der Waals surface area (Å²) < 4.78 is 26.7. The van der Waals surface area contributed by atoms with Gasteiger partial charge in [-0.15, -0.1) is 0 Å². The fourth-order valence-corrected chi connectivity index (χ4v) is 2.99.